The van der Waals surface area contributed by atoms with Crippen molar-refractivity contribution in [3.8, 4) is 17.0 Å². The zero-order valence-corrected chi connectivity index (χ0v) is 11.9. The summed E-state index contributed by atoms with van der Waals surface area (Å²) in [5.41, 5.74) is 7.92. The third kappa shape index (κ3) is 3.20. The van der Waals surface area contributed by atoms with Crippen LogP contribution in [0.5, 0.6) is 5.75 Å². The van der Waals surface area contributed by atoms with Crippen LogP contribution in [0.25, 0.3) is 11.3 Å². The van der Waals surface area contributed by atoms with E-state index in [4.69, 9.17) is 10.5 Å². The van der Waals surface area contributed by atoms with Gasteiger partial charge in [-0.15, -0.1) is 11.3 Å². The first-order valence-electron chi connectivity index (χ1n) is 6.40. The van der Waals surface area contributed by atoms with Crippen LogP contribution < -0.4 is 10.5 Å². The lowest BCUT2D eigenvalue weighted by Crippen LogP contribution is -1.97. The molecule has 1 heterocycles. The van der Waals surface area contributed by atoms with Gasteiger partial charge in [0.2, 0.25) is 0 Å². The molecule has 0 saturated carbocycles. The average molecular weight is 300 g/mol. The topological polar surface area (TPSA) is 48.1 Å². The number of nitrogens with two attached hydrogens (primary N) is 1. The lowest BCUT2D eigenvalue weighted by molar-refractivity contribution is 0.307. The Morgan fingerprint density at radius 1 is 1.14 bits per heavy atom. The van der Waals surface area contributed by atoms with Crippen LogP contribution in [-0.4, -0.2) is 4.98 Å². The molecule has 1 aromatic heterocycles. The van der Waals surface area contributed by atoms with E-state index in [-0.39, 0.29) is 5.82 Å². The number of ether oxygens (including phenoxy) is 1. The number of anilines is 1. The minimum Gasteiger partial charge on any atom is -0.488 e. The predicted molar refractivity (Wildman–Crippen MR) is 82.7 cm³/mol. The monoisotopic (exact) mass is 300 g/mol. The lowest BCUT2D eigenvalue weighted by atomic mass is 10.1. The number of hydrogen-bond acceptors (Lipinski definition) is 4. The highest BCUT2D eigenvalue weighted by molar-refractivity contribution is 7.13. The molecule has 0 atom stereocenters. The summed E-state index contributed by atoms with van der Waals surface area (Å²) in [7, 11) is 0. The van der Waals surface area contributed by atoms with Crippen molar-refractivity contribution in [3.05, 3.63) is 65.3 Å². The second kappa shape index (κ2) is 5.93. The van der Waals surface area contributed by atoms with E-state index in [2.05, 4.69) is 4.98 Å². The van der Waals surface area contributed by atoms with Crippen molar-refractivity contribution in [2.24, 2.45) is 0 Å². The smallest absolute Gasteiger partial charge is 0.180 e. The van der Waals surface area contributed by atoms with Crippen LogP contribution in [0.1, 0.15) is 5.56 Å². The zero-order chi connectivity index (χ0) is 14.7. The van der Waals surface area contributed by atoms with Gasteiger partial charge in [0.15, 0.2) is 5.13 Å². The Kier molecular flexibility index (Phi) is 3.83. The van der Waals surface area contributed by atoms with E-state index in [9.17, 15) is 4.39 Å². The Bertz CT molecular complexity index is 743. The predicted octanol–water partition coefficient (Wildman–Crippen LogP) is 4.11. The highest BCUT2D eigenvalue weighted by Crippen LogP contribution is 2.32. The second-order valence-corrected chi connectivity index (χ2v) is 5.38. The summed E-state index contributed by atoms with van der Waals surface area (Å²) in [5.74, 6) is 0.259. The van der Waals surface area contributed by atoms with Gasteiger partial charge in [0.1, 0.15) is 18.2 Å². The van der Waals surface area contributed by atoms with Crippen molar-refractivity contribution in [2.75, 3.05) is 5.73 Å². The van der Waals surface area contributed by atoms with Gasteiger partial charge in [-0.1, -0.05) is 30.3 Å². The van der Waals surface area contributed by atoms with Crippen molar-refractivity contribution in [1.82, 2.24) is 4.98 Å². The third-order valence-electron chi connectivity index (χ3n) is 2.98. The van der Waals surface area contributed by atoms with Gasteiger partial charge < -0.3 is 10.5 Å². The fourth-order valence-corrected chi connectivity index (χ4v) is 2.54. The minimum atomic E-state index is -0.330. The first kappa shape index (κ1) is 13.6. The molecular weight excluding hydrogens is 287 g/mol. The summed E-state index contributed by atoms with van der Waals surface area (Å²) < 4.78 is 19.3. The van der Waals surface area contributed by atoms with Crippen LogP contribution in [0.4, 0.5) is 9.52 Å². The number of thiazole rings is 1. The molecule has 0 radical (unpaired) electrons. The molecule has 2 aromatic carbocycles. The quantitative estimate of drug-likeness (QED) is 0.788. The van der Waals surface area contributed by atoms with Crippen LogP contribution >= 0.6 is 11.3 Å². The Labute approximate surface area is 125 Å². The maximum atomic E-state index is 13.5. The summed E-state index contributed by atoms with van der Waals surface area (Å²) in [6.45, 7) is 0.416. The van der Waals surface area contributed by atoms with Gasteiger partial charge in [0, 0.05) is 10.9 Å². The number of nitrogen functional groups attached to an aromatic ring is 1. The molecule has 3 aromatic rings. The standard InChI is InChI=1S/C16H13FN2OS/c17-12-6-7-15(20-9-11-4-2-1-3-5-11)13(8-12)14-10-21-16(18)19-14/h1-8,10H,9H2,(H2,18,19). The summed E-state index contributed by atoms with van der Waals surface area (Å²) in [5, 5.41) is 2.24. The largest absolute Gasteiger partial charge is 0.488 e. The number of aromatic nitrogens is 1. The van der Waals surface area contributed by atoms with Crippen LogP contribution in [0.15, 0.2) is 53.9 Å². The molecule has 2 N–H and O–H groups in total. The van der Waals surface area contributed by atoms with Gasteiger partial charge in [-0.2, -0.15) is 0 Å². The van der Waals surface area contributed by atoms with Gasteiger partial charge in [-0.05, 0) is 23.8 Å². The molecule has 3 rings (SSSR count). The Hall–Kier alpha value is -2.40. The van der Waals surface area contributed by atoms with E-state index in [0.29, 0.717) is 28.7 Å². The van der Waals surface area contributed by atoms with Crippen molar-refractivity contribution >= 4 is 16.5 Å². The number of benzene rings is 2. The molecule has 0 fully saturated rings. The van der Waals surface area contributed by atoms with E-state index in [1.165, 1.54) is 23.5 Å². The first-order valence-corrected chi connectivity index (χ1v) is 7.28. The van der Waals surface area contributed by atoms with Crippen molar-refractivity contribution in [3.63, 3.8) is 0 Å². The van der Waals surface area contributed by atoms with E-state index in [1.54, 1.807) is 11.4 Å². The number of hydrogen-bond donors (Lipinski definition) is 1. The van der Waals surface area contributed by atoms with Crippen molar-refractivity contribution in [1.29, 1.82) is 0 Å². The molecule has 0 aliphatic heterocycles. The summed E-state index contributed by atoms with van der Waals surface area (Å²) in [4.78, 5) is 4.19. The molecule has 0 bridgehead atoms. The van der Waals surface area contributed by atoms with E-state index in [1.807, 2.05) is 30.3 Å². The van der Waals surface area contributed by atoms with Crippen LogP contribution in [0.3, 0.4) is 0 Å². The molecule has 21 heavy (non-hydrogen) atoms. The molecule has 0 unspecified atom stereocenters. The normalized spacial score (nSPS) is 10.5. The molecule has 0 aliphatic carbocycles. The molecule has 0 aliphatic rings. The summed E-state index contributed by atoms with van der Waals surface area (Å²) in [6.07, 6.45) is 0. The van der Waals surface area contributed by atoms with Crippen molar-refractivity contribution < 1.29 is 9.13 Å². The average Bonchev–Trinajstić information content (AvgIpc) is 2.93. The van der Waals surface area contributed by atoms with E-state index >= 15 is 0 Å². The first-order chi connectivity index (χ1) is 10.2. The summed E-state index contributed by atoms with van der Waals surface area (Å²) in [6, 6.07) is 14.2. The van der Waals surface area contributed by atoms with Gasteiger partial charge >= 0.3 is 0 Å². The molecule has 0 saturated heterocycles. The minimum absolute atomic E-state index is 0.330. The second-order valence-electron chi connectivity index (χ2n) is 4.49. The number of rotatable bonds is 4. The van der Waals surface area contributed by atoms with Crippen molar-refractivity contribution in [2.45, 2.75) is 6.61 Å². The Morgan fingerprint density at radius 3 is 2.67 bits per heavy atom. The van der Waals surface area contributed by atoms with Gasteiger partial charge in [-0.3, -0.25) is 0 Å². The highest BCUT2D eigenvalue weighted by Gasteiger charge is 2.11. The molecular formula is C16H13FN2OS. The van der Waals surface area contributed by atoms with Crippen LogP contribution in [-0.2, 0) is 6.61 Å². The maximum absolute atomic E-state index is 13.5. The fraction of sp³-hybridized carbons (Fsp3) is 0.0625. The maximum Gasteiger partial charge on any atom is 0.180 e. The fourth-order valence-electron chi connectivity index (χ4n) is 1.97. The number of nitrogens with zero attached hydrogens (tertiary/aromatic N) is 1. The SMILES string of the molecule is Nc1nc(-c2cc(F)ccc2OCc2ccccc2)cs1. The zero-order valence-electron chi connectivity index (χ0n) is 11.1. The lowest BCUT2D eigenvalue weighted by Gasteiger charge is -2.10. The molecule has 0 spiro atoms. The van der Waals surface area contributed by atoms with Gasteiger partial charge in [-0.25, -0.2) is 9.37 Å². The van der Waals surface area contributed by atoms with E-state index < -0.39 is 0 Å². The molecule has 3 nitrogen and oxygen atoms in total. The number of halogens is 1. The highest BCUT2D eigenvalue weighted by atomic mass is 32.1. The van der Waals surface area contributed by atoms with E-state index in [0.717, 1.165) is 5.56 Å². The molecule has 5 heteroatoms. The van der Waals surface area contributed by atoms with Crippen LogP contribution in [0, 0.1) is 5.82 Å². The third-order valence-corrected chi connectivity index (χ3v) is 3.65. The molecule has 106 valence electrons. The Balaban J connectivity index is 1.88. The van der Waals surface area contributed by atoms with Gasteiger partial charge in [0.05, 0.1) is 5.69 Å². The summed E-state index contributed by atoms with van der Waals surface area (Å²) >= 11 is 1.32. The molecule has 0 amide bonds. The Morgan fingerprint density at radius 2 is 1.95 bits per heavy atom. The van der Waals surface area contributed by atoms with Gasteiger partial charge in [0.25, 0.3) is 0 Å². The van der Waals surface area contributed by atoms with Crippen LogP contribution in [0.2, 0.25) is 0 Å².